The molecule has 1 nitrogen and oxygen atoms in total. The van der Waals surface area contributed by atoms with Crippen LogP contribution in [0.15, 0.2) is 54.6 Å². The molecule has 1 aliphatic heterocycles. The standard InChI is InChI=1S/C17H16F3N/c1-21-12-11-13-7-5-6-10-15(13)16(21,17(18,19)20)14-8-3-2-4-9-14/h2-10H,11-12H2,1H3. The summed E-state index contributed by atoms with van der Waals surface area (Å²) in [5.74, 6) is 0. The number of nitrogens with zero attached hydrogens (tertiary/aromatic N) is 1. The fourth-order valence-corrected chi connectivity index (χ4v) is 3.34. The molecule has 3 rings (SSSR count). The summed E-state index contributed by atoms with van der Waals surface area (Å²) in [7, 11) is 1.55. The lowest BCUT2D eigenvalue weighted by Crippen LogP contribution is -2.58. The molecule has 2 aromatic carbocycles. The molecule has 0 saturated heterocycles. The van der Waals surface area contributed by atoms with Crippen molar-refractivity contribution in [2.45, 2.75) is 18.1 Å². The maximum atomic E-state index is 14.2. The summed E-state index contributed by atoms with van der Waals surface area (Å²) >= 11 is 0. The molecule has 0 N–H and O–H groups in total. The number of fused-ring (bicyclic) bond motifs is 1. The second-order valence-electron chi connectivity index (χ2n) is 5.40. The van der Waals surface area contributed by atoms with Gasteiger partial charge in [0.1, 0.15) is 0 Å². The molecule has 0 radical (unpaired) electrons. The first-order valence-corrected chi connectivity index (χ1v) is 6.90. The molecule has 0 saturated carbocycles. The van der Waals surface area contributed by atoms with Crippen molar-refractivity contribution in [3.8, 4) is 0 Å². The summed E-state index contributed by atoms with van der Waals surface area (Å²) in [5, 5.41) is 0. The SMILES string of the molecule is CN1CCc2ccccc2C1(c1ccccc1)C(F)(F)F. The van der Waals surface area contributed by atoms with Gasteiger partial charge in [-0.15, -0.1) is 0 Å². The molecule has 0 amide bonds. The maximum absolute atomic E-state index is 14.2. The van der Waals surface area contributed by atoms with Gasteiger partial charge in [0.25, 0.3) is 0 Å². The molecule has 0 bridgehead atoms. The Morgan fingerprint density at radius 2 is 1.57 bits per heavy atom. The normalized spacial score (nSPS) is 22.9. The molecule has 1 atom stereocenters. The zero-order valence-corrected chi connectivity index (χ0v) is 11.7. The number of benzene rings is 2. The van der Waals surface area contributed by atoms with E-state index in [1.54, 1.807) is 61.6 Å². The van der Waals surface area contributed by atoms with Crippen molar-refractivity contribution >= 4 is 0 Å². The Balaban J connectivity index is 2.35. The molecular weight excluding hydrogens is 275 g/mol. The molecule has 2 aromatic rings. The van der Waals surface area contributed by atoms with Crippen LogP contribution in [0.4, 0.5) is 13.2 Å². The highest BCUT2D eigenvalue weighted by Gasteiger charge is 2.61. The Hall–Kier alpha value is -1.81. The van der Waals surface area contributed by atoms with Gasteiger partial charge in [-0.1, -0.05) is 54.6 Å². The molecule has 0 aliphatic carbocycles. The van der Waals surface area contributed by atoms with Gasteiger partial charge in [0.05, 0.1) is 0 Å². The van der Waals surface area contributed by atoms with Crippen LogP contribution >= 0.6 is 0 Å². The molecule has 110 valence electrons. The number of likely N-dealkylation sites (N-methyl/N-ethyl adjacent to an activating group) is 1. The zero-order chi connectivity index (χ0) is 15.1. The third-order valence-electron chi connectivity index (χ3n) is 4.30. The fourth-order valence-electron chi connectivity index (χ4n) is 3.34. The third-order valence-corrected chi connectivity index (χ3v) is 4.30. The Labute approximate surface area is 122 Å². The van der Waals surface area contributed by atoms with Crippen LogP contribution in [-0.4, -0.2) is 24.7 Å². The van der Waals surface area contributed by atoms with Crippen molar-refractivity contribution in [1.29, 1.82) is 0 Å². The lowest BCUT2D eigenvalue weighted by molar-refractivity contribution is -0.221. The summed E-state index contributed by atoms with van der Waals surface area (Å²) in [5.41, 5.74) is -0.676. The highest BCUT2D eigenvalue weighted by Crippen LogP contribution is 2.51. The van der Waals surface area contributed by atoms with E-state index in [1.807, 2.05) is 0 Å². The van der Waals surface area contributed by atoms with Crippen LogP contribution in [-0.2, 0) is 12.0 Å². The number of halogens is 3. The van der Waals surface area contributed by atoms with E-state index < -0.39 is 11.7 Å². The molecule has 1 aliphatic rings. The van der Waals surface area contributed by atoms with E-state index >= 15 is 0 Å². The molecular formula is C17H16F3N. The van der Waals surface area contributed by atoms with E-state index in [2.05, 4.69) is 0 Å². The summed E-state index contributed by atoms with van der Waals surface area (Å²) in [6.45, 7) is 0.380. The number of rotatable bonds is 1. The quantitative estimate of drug-likeness (QED) is 0.768. The molecule has 1 heterocycles. The van der Waals surface area contributed by atoms with Gasteiger partial charge in [0.15, 0.2) is 5.54 Å². The van der Waals surface area contributed by atoms with Gasteiger partial charge in [0.2, 0.25) is 0 Å². The molecule has 0 aromatic heterocycles. The maximum Gasteiger partial charge on any atom is 0.415 e. The van der Waals surface area contributed by atoms with E-state index in [4.69, 9.17) is 0 Å². The first kappa shape index (κ1) is 14.1. The lowest BCUT2D eigenvalue weighted by Gasteiger charge is -2.47. The van der Waals surface area contributed by atoms with Crippen LogP contribution in [0.5, 0.6) is 0 Å². The fraction of sp³-hybridized carbons (Fsp3) is 0.294. The first-order valence-electron chi connectivity index (χ1n) is 6.90. The van der Waals surface area contributed by atoms with Crippen molar-refractivity contribution < 1.29 is 13.2 Å². The van der Waals surface area contributed by atoms with Crippen molar-refractivity contribution in [2.75, 3.05) is 13.6 Å². The van der Waals surface area contributed by atoms with Crippen molar-refractivity contribution in [3.63, 3.8) is 0 Å². The zero-order valence-electron chi connectivity index (χ0n) is 11.7. The Morgan fingerprint density at radius 3 is 2.24 bits per heavy atom. The van der Waals surface area contributed by atoms with Gasteiger partial charge in [-0.2, -0.15) is 13.2 Å². The van der Waals surface area contributed by atoms with Crippen LogP contribution in [0, 0.1) is 0 Å². The van der Waals surface area contributed by atoms with E-state index in [0.29, 0.717) is 18.5 Å². The summed E-state index contributed by atoms with van der Waals surface area (Å²) in [6.07, 6.45) is -3.75. The van der Waals surface area contributed by atoms with E-state index in [0.717, 1.165) is 5.56 Å². The molecule has 4 heteroatoms. The van der Waals surface area contributed by atoms with Crippen molar-refractivity contribution in [1.82, 2.24) is 4.90 Å². The van der Waals surface area contributed by atoms with Gasteiger partial charge in [-0.3, -0.25) is 4.90 Å². The van der Waals surface area contributed by atoms with Crippen LogP contribution in [0.25, 0.3) is 0 Å². The first-order chi connectivity index (χ1) is 9.98. The predicted octanol–water partition coefficient (Wildman–Crippen LogP) is 3.98. The molecule has 0 spiro atoms. The van der Waals surface area contributed by atoms with Crippen LogP contribution in [0.3, 0.4) is 0 Å². The smallest absolute Gasteiger partial charge is 0.285 e. The summed E-state index contributed by atoms with van der Waals surface area (Å²) < 4.78 is 42.5. The molecule has 0 fully saturated rings. The minimum Gasteiger partial charge on any atom is -0.285 e. The largest absolute Gasteiger partial charge is 0.415 e. The number of hydrogen-bond acceptors (Lipinski definition) is 1. The van der Waals surface area contributed by atoms with Crippen LogP contribution in [0.2, 0.25) is 0 Å². The molecule has 1 unspecified atom stereocenters. The van der Waals surface area contributed by atoms with Crippen LogP contribution < -0.4 is 0 Å². The van der Waals surface area contributed by atoms with Crippen LogP contribution in [0.1, 0.15) is 16.7 Å². The van der Waals surface area contributed by atoms with E-state index in [9.17, 15) is 13.2 Å². The molecule has 21 heavy (non-hydrogen) atoms. The van der Waals surface area contributed by atoms with Crippen molar-refractivity contribution in [2.24, 2.45) is 0 Å². The summed E-state index contributed by atoms with van der Waals surface area (Å²) in [4.78, 5) is 1.42. The second kappa shape index (κ2) is 4.88. The van der Waals surface area contributed by atoms with Gasteiger partial charge >= 0.3 is 6.18 Å². The highest BCUT2D eigenvalue weighted by molar-refractivity contribution is 5.46. The number of hydrogen-bond donors (Lipinski definition) is 0. The Kier molecular flexibility index (Phi) is 3.29. The summed E-state index contributed by atoms with van der Waals surface area (Å²) in [6, 6.07) is 15.1. The van der Waals surface area contributed by atoms with Gasteiger partial charge in [0, 0.05) is 6.54 Å². The topological polar surface area (TPSA) is 3.24 Å². The van der Waals surface area contributed by atoms with Crippen molar-refractivity contribution in [3.05, 3.63) is 71.3 Å². The Morgan fingerprint density at radius 1 is 0.952 bits per heavy atom. The third kappa shape index (κ3) is 1.97. The average Bonchev–Trinajstić information content (AvgIpc) is 2.47. The van der Waals surface area contributed by atoms with Gasteiger partial charge < -0.3 is 0 Å². The number of alkyl halides is 3. The minimum atomic E-state index is -4.39. The van der Waals surface area contributed by atoms with E-state index in [-0.39, 0.29) is 5.56 Å². The monoisotopic (exact) mass is 291 g/mol. The van der Waals surface area contributed by atoms with E-state index in [1.165, 1.54) is 4.90 Å². The van der Waals surface area contributed by atoms with Gasteiger partial charge in [-0.05, 0) is 30.2 Å². The predicted molar refractivity (Wildman–Crippen MR) is 76.1 cm³/mol. The average molecular weight is 291 g/mol. The lowest BCUT2D eigenvalue weighted by atomic mass is 9.75. The second-order valence-corrected chi connectivity index (χ2v) is 5.40. The highest BCUT2D eigenvalue weighted by atomic mass is 19.4. The van der Waals surface area contributed by atoms with Gasteiger partial charge in [-0.25, -0.2) is 0 Å². The Bertz CT molecular complexity index is 636. The minimum absolute atomic E-state index is 0.271.